The number of hydrogen-bond acceptors (Lipinski definition) is 7. The summed E-state index contributed by atoms with van der Waals surface area (Å²) in [5, 5.41) is 4.17. The van der Waals surface area contributed by atoms with Crippen molar-refractivity contribution in [1.82, 2.24) is 10.4 Å². The lowest BCUT2D eigenvalue weighted by Gasteiger charge is -2.10. The Morgan fingerprint density at radius 2 is 1.38 bits per heavy atom. The van der Waals surface area contributed by atoms with Crippen LogP contribution in [-0.2, 0) is 28.6 Å². The van der Waals surface area contributed by atoms with E-state index in [9.17, 15) is 4.79 Å². The van der Waals surface area contributed by atoms with Crippen LogP contribution >= 0.6 is 0 Å². The number of carbonyl (C=O) groups excluding carboxylic acids is 1. The van der Waals surface area contributed by atoms with Crippen molar-refractivity contribution in [2.45, 2.75) is 13.8 Å². The second-order valence-corrected chi connectivity index (χ2v) is 5.74. The van der Waals surface area contributed by atoms with E-state index in [0.717, 1.165) is 6.61 Å². The number of hydroxylamine groups is 2. The molecular formula is C16H34N2O6. The molecule has 0 saturated carbocycles. The summed E-state index contributed by atoms with van der Waals surface area (Å²) in [6, 6.07) is 0. The van der Waals surface area contributed by atoms with Gasteiger partial charge in [0.25, 0.3) is 0 Å². The summed E-state index contributed by atoms with van der Waals surface area (Å²) in [6.45, 7) is 9.19. The van der Waals surface area contributed by atoms with Gasteiger partial charge in [0, 0.05) is 27.2 Å². The van der Waals surface area contributed by atoms with E-state index in [1.165, 1.54) is 5.06 Å². The molecular weight excluding hydrogens is 316 g/mol. The first-order valence-corrected chi connectivity index (χ1v) is 8.40. The van der Waals surface area contributed by atoms with Crippen molar-refractivity contribution in [2.24, 2.45) is 5.92 Å². The minimum atomic E-state index is -0.168. The van der Waals surface area contributed by atoms with Crippen molar-refractivity contribution in [1.29, 1.82) is 0 Å². The van der Waals surface area contributed by atoms with E-state index in [0.29, 0.717) is 58.7 Å². The summed E-state index contributed by atoms with van der Waals surface area (Å²) in [6.07, 6.45) is 0. The average molecular weight is 350 g/mol. The molecule has 0 aliphatic heterocycles. The molecule has 0 spiro atoms. The van der Waals surface area contributed by atoms with E-state index in [-0.39, 0.29) is 12.5 Å². The monoisotopic (exact) mass is 350 g/mol. The predicted octanol–water partition coefficient (Wildman–Crippen LogP) is 0.318. The van der Waals surface area contributed by atoms with Crippen molar-refractivity contribution in [3.8, 4) is 0 Å². The number of ether oxygens (including phenoxy) is 4. The van der Waals surface area contributed by atoms with Crippen LogP contribution in [-0.4, -0.2) is 91.1 Å². The van der Waals surface area contributed by atoms with Crippen molar-refractivity contribution >= 4 is 5.91 Å². The molecule has 1 amide bonds. The van der Waals surface area contributed by atoms with E-state index in [4.69, 9.17) is 23.8 Å². The first-order valence-electron chi connectivity index (χ1n) is 8.40. The van der Waals surface area contributed by atoms with Gasteiger partial charge in [-0.25, -0.2) is 0 Å². The van der Waals surface area contributed by atoms with Crippen LogP contribution in [0.5, 0.6) is 0 Å². The van der Waals surface area contributed by atoms with Crippen LogP contribution in [0.2, 0.25) is 0 Å². The quantitative estimate of drug-likeness (QED) is 0.299. The minimum Gasteiger partial charge on any atom is -0.379 e. The number of hydrogen-bond donors (Lipinski definition) is 1. The molecule has 8 nitrogen and oxygen atoms in total. The highest BCUT2D eigenvalue weighted by Crippen LogP contribution is 1.91. The van der Waals surface area contributed by atoms with Crippen molar-refractivity contribution in [3.05, 3.63) is 0 Å². The predicted molar refractivity (Wildman–Crippen MR) is 90.8 cm³/mol. The van der Waals surface area contributed by atoms with Crippen molar-refractivity contribution < 1.29 is 28.6 Å². The van der Waals surface area contributed by atoms with Crippen molar-refractivity contribution in [3.63, 3.8) is 0 Å². The Bertz CT molecular complexity index is 290. The molecule has 0 heterocycles. The fourth-order valence-corrected chi connectivity index (χ4v) is 1.48. The van der Waals surface area contributed by atoms with Crippen LogP contribution in [0.25, 0.3) is 0 Å². The maximum Gasteiger partial charge on any atom is 0.248 e. The maximum absolute atomic E-state index is 11.3. The molecule has 0 aromatic heterocycles. The van der Waals surface area contributed by atoms with Gasteiger partial charge < -0.3 is 24.3 Å². The molecule has 0 atom stereocenters. The number of carbonyl (C=O) groups is 1. The Balaban J connectivity index is 3.11. The van der Waals surface area contributed by atoms with Gasteiger partial charge in [-0.15, -0.1) is 0 Å². The van der Waals surface area contributed by atoms with E-state index >= 15 is 0 Å². The lowest BCUT2D eigenvalue weighted by molar-refractivity contribution is -0.150. The molecule has 0 saturated heterocycles. The molecule has 0 rings (SSSR count). The smallest absolute Gasteiger partial charge is 0.248 e. The highest BCUT2D eigenvalue weighted by atomic mass is 16.7. The molecule has 0 unspecified atom stereocenters. The summed E-state index contributed by atoms with van der Waals surface area (Å²) < 4.78 is 21.5. The van der Waals surface area contributed by atoms with E-state index in [1.54, 1.807) is 14.1 Å². The molecule has 8 heteroatoms. The second-order valence-electron chi connectivity index (χ2n) is 5.74. The van der Waals surface area contributed by atoms with Gasteiger partial charge in [-0.3, -0.25) is 9.63 Å². The third-order valence-corrected chi connectivity index (χ3v) is 2.59. The van der Waals surface area contributed by atoms with E-state index in [2.05, 4.69) is 19.2 Å². The molecule has 0 fully saturated rings. The highest BCUT2D eigenvalue weighted by Gasteiger charge is 2.01. The number of nitrogens with one attached hydrogen (secondary N) is 1. The molecule has 1 N–H and O–H groups in total. The van der Waals surface area contributed by atoms with Gasteiger partial charge >= 0.3 is 0 Å². The minimum absolute atomic E-state index is 0.0125. The first kappa shape index (κ1) is 23.2. The van der Waals surface area contributed by atoms with Gasteiger partial charge in [0.2, 0.25) is 5.91 Å². The molecule has 0 aromatic carbocycles. The zero-order valence-corrected chi connectivity index (χ0v) is 15.5. The summed E-state index contributed by atoms with van der Waals surface area (Å²) in [4.78, 5) is 16.3. The zero-order chi connectivity index (χ0) is 18.0. The fraction of sp³-hybridized carbons (Fsp3) is 0.938. The number of rotatable bonds is 17. The molecule has 144 valence electrons. The standard InChI is InChI=1S/C16H34N2O6/c1-15(2)13-23-12-11-22-10-9-21-8-7-20-6-5-17-16(19)14-24-18(3)4/h15H,5-14H2,1-4H3,(H,17,19). The van der Waals surface area contributed by atoms with Crippen LogP contribution in [0, 0.1) is 5.92 Å². The topological polar surface area (TPSA) is 78.5 Å². The zero-order valence-electron chi connectivity index (χ0n) is 15.5. The number of amides is 1. The van der Waals surface area contributed by atoms with Gasteiger partial charge in [-0.1, -0.05) is 13.8 Å². The van der Waals surface area contributed by atoms with Crippen LogP contribution in [0.4, 0.5) is 0 Å². The van der Waals surface area contributed by atoms with Gasteiger partial charge in [0.1, 0.15) is 6.61 Å². The average Bonchev–Trinajstić information content (AvgIpc) is 2.52. The summed E-state index contributed by atoms with van der Waals surface area (Å²) in [5.41, 5.74) is 0. The van der Waals surface area contributed by atoms with Gasteiger partial charge in [0.05, 0.1) is 46.2 Å². The Kier molecular flexibility index (Phi) is 16.5. The summed E-state index contributed by atoms with van der Waals surface area (Å²) in [7, 11) is 3.45. The number of nitrogens with zero attached hydrogens (tertiary/aromatic N) is 1. The van der Waals surface area contributed by atoms with Crippen LogP contribution < -0.4 is 5.32 Å². The largest absolute Gasteiger partial charge is 0.379 e. The van der Waals surface area contributed by atoms with Crippen LogP contribution in [0.15, 0.2) is 0 Å². The first-order chi connectivity index (χ1) is 11.5. The van der Waals surface area contributed by atoms with Crippen molar-refractivity contribution in [2.75, 3.05) is 80.1 Å². The molecule has 0 radical (unpaired) electrons. The van der Waals surface area contributed by atoms with Crippen LogP contribution in [0.1, 0.15) is 13.8 Å². The Morgan fingerprint density at radius 1 is 0.875 bits per heavy atom. The normalized spacial score (nSPS) is 11.4. The van der Waals surface area contributed by atoms with Gasteiger partial charge in [-0.05, 0) is 5.92 Å². The highest BCUT2D eigenvalue weighted by molar-refractivity contribution is 5.77. The third kappa shape index (κ3) is 19.3. The molecule has 0 bridgehead atoms. The molecule has 0 aliphatic carbocycles. The van der Waals surface area contributed by atoms with Gasteiger partial charge in [0.15, 0.2) is 0 Å². The lowest BCUT2D eigenvalue weighted by atomic mass is 10.2. The summed E-state index contributed by atoms with van der Waals surface area (Å²) in [5.74, 6) is 0.381. The SMILES string of the molecule is CC(C)COCCOCCOCCOCCNC(=O)CON(C)C. The molecule has 24 heavy (non-hydrogen) atoms. The van der Waals surface area contributed by atoms with Crippen LogP contribution in [0.3, 0.4) is 0 Å². The maximum atomic E-state index is 11.3. The Morgan fingerprint density at radius 3 is 1.88 bits per heavy atom. The summed E-state index contributed by atoms with van der Waals surface area (Å²) >= 11 is 0. The van der Waals surface area contributed by atoms with E-state index < -0.39 is 0 Å². The van der Waals surface area contributed by atoms with Gasteiger partial charge in [-0.2, -0.15) is 5.06 Å². The Hall–Kier alpha value is -0.770. The third-order valence-electron chi connectivity index (χ3n) is 2.59. The lowest BCUT2D eigenvalue weighted by Crippen LogP contribution is -2.32. The molecule has 0 aliphatic rings. The fourth-order valence-electron chi connectivity index (χ4n) is 1.48. The second kappa shape index (κ2) is 17.1. The van der Waals surface area contributed by atoms with E-state index in [1.807, 2.05) is 0 Å². The Labute approximate surface area is 145 Å². The molecule has 0 aromatic rings.